The fourth-order valence-corrected chi connectivity index (χ4v) is 4.29. The maximum atomic E-state index is 12.7. The molecule has 28 heavy (non-hydrogen) atoms. The van der Waals surface area contributed by atoms with Crippen LogP contribution in [0, 0.1) is 13.8 Å². The molecule has 0 spiro atoms. The molecule has 0 saturated heterocycles. The van der Waals surface area contributed by atoms with Gasteiger partial charge in [0.15, 0.2) is 5.11 Å². The smallest absolute Gasteiger partial charge is 0.253 e. The van der Waals surface area contributed by atoms with Gasteiger partial charge in [0.2, 0.25) is 0 Å². The number of aromatic amines is 1. The Morgan fingerprint density at radius 3 is 2.68 bits per heavy atom. The van der Waals surface area contributed by atoms with E-state index in [2.05, 4.69) is 23.3 Å². The van der Waals surface area contributed by atoms with Gasteiger partial charge < -0.3 is 20.3 Å². The Bertz CT molecular complexity index is 887. The van der Waals surface area contributed by atoms with E-state index in [0.717, 1.165) is 34.9 Å². The molecule has 0 bridgehead atoms. The van der Waals surface area contributed by atoms with Gasteiger partial charge in [0.1, 0.15) is 0 Å². The first-order chi connectivity index (χ1) is 13.5. The molecule has 1 saturated carbocycles. The Hall–Kier alpha value is -1.92. The van der Waals surface area contributed by atoms with Gasteiger partial charge in [-0.15, -0.1) is 0 Å². The standard InChI is InChI=1S/C22H31N3O2S/c1-15-9-10-16(2)20-19(15)13-17(21(27)24-20)14-25(11-6-12-26)22(28)23-18-7-4-3-5-8-18/h9-10,13,18,26H,3-8,11-12,14H2,1-2H3,(H,23,28)(H,24,27). The number of nitrogens with zero attached hydrogens (tertiary/aromatic N) is 1. The van der Waals surface area contributed by atoms with Crippen LogP contribution in [0.3, 0.4) is 0 Å². The number of benzene rings is 1. The SMILES string of the molecule is Cc1ccc(C)c2[nH]c(=O)c(CN(CCCO)C(=S)NC3CCCCC3)cc12. The molecule has 152 valence electrons. The van der Waals surface area contributed by atoms with Crippen LogP contribution in [0.1, 0.15) is 55.2 Å². The summed E-state index contributed by atoms with van der Waals surface area (Å²) in [5, 5.41) is 14.5. The lowest BCUT2D eigenvalue weighted by molar-refractivity contribution is 0.262. The highest BCUT2D eigenvalue weighted by Gasteiger charge is 2.19. The number of fused-ring (bicyclic) bond motifs is 1. The second kappa shape index (κ2) is 9.52. The number of pyridine rings is 1. The normalized spacial score (nSPS) is 15.0. The van der Waals surface area contributed by atoms with Crippen LogP contribution < -0.4 is 10.9 Å². The highest BCUT2D eigenvalue weighted by atomic mass is 32.1. The Kier molecular flexibility index (Phi) is 7.08. The van der Waals surface area contributed by atoms with Gasteiger partial charge in [-0.2, -0.15) is 0 Å². The summed E-state index contributed by atoms with van der Waals surface area (Å²) in [6.45, 7) is 5.24. The van der Waals surface area contributed by atoms with Crippen LogP contribution in [0.25, 0.3) is 10.9 Å². The molecule has 0 radical (unpaired) electrons. The van der Waals surface area contributed by atoms with Crippen LogP contribution in [0.4, 0.5) is 0 Å². The Labute approximate surface area is 172 Å². The fourth-order valence-electron chi connectivity index (χ4n) is 3.97. The number of aromatic nitrogens is 1. The molecule has 1 fully saturated rings. The molecule has 0 unspecified atom stereocenters. The van der Waals surface area contributed by atoms with E-state index in [-0.39, 0.29) is 12.2 Å². The minimum Gasteiger partial charge on any atom is -0.396 e. The van der Waals surface area contributed by atoms with Crippen molar-refractivity contribution in [2.75, 3.05) is 13.2 Å². The molecule has 3 N–H and O–H groups in total. The highest BCUT2D eigenvalue weighted by Crippen LogP contribution is 2.21. The van der Waals surface area contributed by atoms with E-state index < -0.39 is 0 Å². The van der Waals surface area contributed by atoms with Crippen molar-refractivity contribution in [3.8, 4) is 0 Å². The maximum Gasteiger partial charge on any atom is 0.253 e. The summed E-state index contributed by atoms with van der Waals surface area (Å²) >= 11 is 5.68. The maximum absolute atomic E-state index is 12.7. The van der Waals surface area contributed by atoms with Crippen LogP contribution in [-0.2, 0) is 6.54 Å². The third-order valence-corrected chi connectivity index (χ3v) is 6.06. The Balaban J connectivity index is 1.83. The van der Waals surface area contributed by atoms with E-state index in [1.807, 2.05) is 24.0 Å². The van der Waals surface area contributed by atoms with E-state index in [1.165, 1.54) is 19.3 Å². The second-order valence-electron chi connectivity index (χ2n) is 7.89. The number of nitrogens with one attached hydrogen (secondary N) is 2. The number of hydrogen-bond acceptors (Lipinski definition) is 3. The van der Waals surface area contributed by atoms with Gasteiger partial charge in [-0.25, -0.2) is 0 Å². The zero-order chi connectivity index (χ0) is 20.1. The third-order valence-electron chi connectivity index (χ3n) is 5.69. The van der Waals surface area contributed by atoms with E-state index in [4.69, 9.17) is 12.2 Å². The van der Waals surface area contributed by atoms with Crippen molar-refractivity contribution in [2.24, 2.45) is 0 Å². The molecule has 0 amide bonds. The van der Waals surface area contributed by atoms with Gasteiger partial charge in [0, 0.05) is 30.1 Å². The minimum atomic E-state index is -0.0735. The van der Waals surface area contributed by atoms with E-state index in [9.17, 15) is 9.90 Å². The summed E-state index contributed by atoms with van der Waals surface area (Å²) in [6, 6.07) is 6.52. The van der Waals surface area contributed by atoms with Crippen molar-refractivity contribution >= 4 is 28.2 Å². The minimum absolute atomic E-state index is 0.0735. The average molecular weight is 402 g/mol. The van der Waals surface area contributed by atoms with Crippen LogP contribution in [0.2, 0.25) is 0 Å². The first-order valence-corrected chi connectivity index (χ1v) is 10.7. The monoisotopic (exact) mass is 401 g/mol. The Morgan fingerprint density at radius 2 is 1.96 bits per heavy atom. The Morgan fingerprint density at radius 1 is 1.25 bits per heavy atom. The van der Waals surface area contributed by atoms with E-state index in [0.29, 0.717) is 36.2 Å². The first-order valence-electron chi connectivity index (χ1n) is 10.3. The van der Waals surface area contributed by atoms with Gasteiger partial charge in [0.05, 0.1) is 12.1 Å². The molecule has 1 aromatic carbocycles. The van der Waals surface area contributed by atoms with Crippen molar-refractivity contribution in [3.05, 3.63) is 45.2 Å². The molecule has 1 aliphatic rings. The summed E-state index contributed by atoms with van der Waals surface area (Å²) in [5.41, 5.74) is 3.74. The summed E-state index contributed by atoms with van der Waals surface area (Å²) in [5.74, 6) is 0. The topological polar surface area (TPSA) is 68.4 Å². The molecule has 0 atom stereocenters. The lowest BCUT2D eigenvalue weighted by atomic mass is 9.96. The number of H-pyrrole nitrogens is 1. The zero-order valence-corrected chi connectivity index (χ0v) is 17.7. The zero-order valence-electron chi connectivity index (χ0n) is 16.9. The van der Waals surface area contributed by atoms with Crippen molar-refractivity contribution in [2.45, 2.75) is 65.0 Å². The van der Waals surface area contributed by atoms with Gasteiger partial charge in [-0.1, -0.05) is 31.4 Å². The lowest BCUT2D eigenvalue weighted by Gasteiger charge is -2.30. The number of hydrogen-bond donors (Lipinski definition) is 3. The summed E-state index contributed by atoms with van der Waals surface area (Å²) in [7, 11) is 0. The molecule has 2 aromatic rings. The van der Waals surface area contributed by atoms with Gasteiger partial charge >= 0.3 is 0 Å². The predicted octanol–water partition coefficient (Wildman–Crippen LogP) is 3.54. The number of aliphatic hydroxyl groups excluding tert-OH is 1. The van der Waals surface area contributed by atoms with Crippen molar-refractivity contribution in [1.82, 2.24) is 15.2 Å². The summed E-state index contributed by atoms with van der Waals surface area (Å²) < 4.78 is 0. The molecule has 1 aliphatic carbocycles. The number of thiocarbonyl (C=S) groups is 1. The van der Waals surface area contributed by atoms with E-state index >= 15 is 0 Å². The highest BCUT2D eigenvalue weighted by molar-refractivity contribution is 7.80. The molecule has 3 rings (SSSR count). The quantitative estimate of drug-likeness (QED) is 0.646. The van der Waals surface area contributed by atoms with Crippen molar-refractivity contribution in [1.29, 1.82) is 0 Å². The number of aliphatic hydroxyl groups is 1. The molecule has 5 nitrogen and oxygen atoms in total. The summed E-state index contributed by atoms with van der Waals surface area (Å²) in [6.07, 6.45) is 6.67. The molecule has 6 heteroatoms. The van der Waals surface area contributed by atoms with Crippen LogP contribution in [0.15, 0.2) is 23.0 Å². The van der Waals surface area contributed by atoms with Crippen molar-refractivity contribution in [3.63, 3.8) is 0 Å². The summed E-state index contributed by atoms with van der Waals surface area (Å²) in [4.78, 5) is 17.8. The van der Waals surface area contributed by atoms with E-state index in [1.54, 1.807) is 0 Å². The van der Waals surface area contributed by atoms with Crippen LogP contribution >= 0.6 is 12.2 Å². The van der Waals surface area contributed by atoms with Gasteiger partial charge in [0.25, 0.3) is 5.56 Å². The first kappa shape index (κ1) is 20.8. The molecule has 1 aromatic heterocycles. The largest absolute Gasteiger partial charge is 0.396 e. The molecular weight excluding hydrogens is 370 g/mol. The molecule has 0 aliphatic heterocycles. The third kappa shape index (κ3) is 4.92. The molecular formula is C22H31N3O2S. The predicted molar refractivity (Wildman–Crippen MR) is 119 cm³/mol. The average Bonchev–Trinajstić information content (AvgIpc) is 2.69. The van der Waals surface area contributed by atoms with Crippen LogP contribution in [-0.4, -0.2) is 39.3 Å². The number of aryl methyl sites for hydroxylation is 2. The lowest BCUT2D eigenvalue weighted by Crippen LogP contribution is -2.46. The van der Waals surface area contributed by atoms with Gasteiger partial charge in [-0.05, 0) is 62.5 Å². The van der Waals surface area contributed by atoms with Crippen molar-refractivity contribution < 1.29 is 5.11 Å². The number of rotatable bonds is 6. The molecule has 1 heterocycles. The van der Waals surface area contributed by atoms with Gasteiger partial charge in [-0.3, -0.25) is 4.79 Å². The second-order valence-corrected chi connectivity index (χ2v) is 8.28. The fraction of sp³-hybridized carbons (Fsp3) is 0.545. The van der Waals surface area contributed by atoms with Crippen LogP contribution in [0.5, 0.6) is 0 Å².